The third kappa shape index (κ3) is 4.14. The molecule has 1 amide bonds. The van der Waals surface area contributed by atoms with E-state index in [2.05, 4.69) is 36.9 Å². The summed E-state index contributed by atoms with van der Waals surface area (Å²) in [5.41, 5.74) is 4.91. The maximum absolute atomic E-state index is 12.8. The predicted molar refractivity (Wildman–Crippen MR) is 114 cm³/mol. The normalized spacial score (nSPS) is 14.9. The molecule has 0 radical (unpaired) electrons. The van der Waals surface area contributed by atoms with Crippen molar-refractivity contribution >= 4 is 27.3 Å². The van der Waals surface area contributed by atoms with Crippen molar-refractivity contribution in [3.05, 3.63) is 59.2 Å². The van der Waals surface area contributed by atoms with Crippen LogP contribution in [0.2, 0.25) is 0 Å². The van der Waals surface area contributed by atoms with E-state index in [1.54, 1.807) is 24.3 Å². The van der Waals surface area contributed by atoms with E-state index in [0.29, 0.717) is 24.3 Å². The summed E-state index contributed by atoms with van der Waals surface area (Å²) in [5, 5.41) is 0. The van der Waals surface area contributed by atoms with Crippen LogP contribution >= 0.6 is 0 Å². The van der Waals surface area contributed by atoms with E-state index in [-0.39, 0.29) is 5.91 Å². The van der Waals surface area contributed by atoms with Crippen molar-refractivity contribution in [1.29, 1.82) is 0 Å². The van der Waals surface area contributed by atoms with Gasteiger partial charge in [0.15, 0.2) is 0 Å². The number of anilines is 2. The first-order chi connectivity index (χ1) is 13.2. The number of sulfonamides is 1. The number of hydrogen-bond donors (Lipinski definition) is 0. The minimum absolute atomic E-state index is 0.0193. The summed E-state index contributed by atoms with van der Waals surface area (Å²) in [6.07, 6.45) is 1.15. The molecule has 7 heteroatoms. The Hall–Kier alpha value is -2.54. The van der Waals surface area contributed by atoms with Crippen LogP contribution in [-0.4, -0.2) is 58.7 Å². The van der Waals surface area contributed by atoms with Gasteiger partial charge in [-0.2, -0.15) is 0 Å². The first kappa shape index (κ1) is 20.2. The van der Waals surface area contributed by atoms with E-state index >= 15 is 0 Å². The highest BCUT2D eigenvalue weighted by atomic mass is 32.2. The number of carbonyl (C=O) groups is 1. The summed E-state index contributed by atoms with van der Waals surface area (Å²) in [4.78, 5) is 17.0. The van der Waals surface area contributed by atoms with Gasteiger partial charge in [-0.25, -0.2) is 8.42 Å². The van der Waals surface area contributed by atoms with Gasteiger partial charge in [-0.3, -0.25) is 9.10 Å². The fourth-order valence-electron chi connectivity index (χ4n) is 3.42. The Kier molecular flexibility index (Phi) is 5.65. The standard InChI is InChI=1S/C21H27N3O3S/c1-16-6-5-7-20(17(16)2)23-12-14-24(15-13-23)21(25)18-8-10-19(11-9-18)22(3)28(4,26)27/h5-11H,12-15H2,1-4H3. The molecule has 2 aromatic rings. The molecule has 2 aromatic carbocycles. The quantitative estimate of drug-likeness (QED) is 0.790. The molecule has 1 heterocycles. The van der Waals surface area contributed by atoms with Gasteiger partial charge in [0.05, 0.1) is 11.9 Å². The first-order valence-corrected chi connectivity index (χ1v) is 11.2. The minimum atomic E-state index is -3.32. The van der Waals surface area contributed by atoms with Crippen molar-refractivity contribution in [1.82, 2.24) is 4.90 Å². The Balaban J connectivity index is 1.66. The summed E-state index contributed by atoms with van der Waals surface area (Å²) in [7, 11) is -1.82. The topological polar surface area (TPSA) is 60.9 Å². The van der Waals surface area contributed by atoms with Crippen LogP contribution in [0.5, 0.6) is 0 Å². The van der Waals surface area contributed by atoms with Crippen LogP contribution in [0.4, 0.5) is 11.4 Å². The zero-order chi connectivity index (χ0) is 20.5. The van der Waals surface area contributed by atoms with Gasteiger partial charge in [0.25, 0.3) is 5.91 Å². The summed E-state index contributed by atoms with van der Waals surface area (Å²) in [6, 6.07) is 13.0. The molecular formula is C21H27N3O3S. The molecule has 1 fully saturated rings. The van der Waals surface area contributed by atoms with Gasteiger partial charge in [0, 0.05) is 44.5 Å². The molecule has 1 aliphatic rings. The SMILES string of the molecule is Cc1cccc(N2CCN(C(=O)c3ccc(N(C)S(C)(=O)=O)cc3)CC2)c1C. The number of hydrogen-bond acceptors (Lipinski definition) is 4. The lowest BCUT2D eigenvalue weighted by Gasteiger charge is -2.37. The van der Waals surface area contributed by atoms with Gasteiger partial charge in [-0.1, -0.05) is 12.1 Å². The fraction of sp³-hybridized carbons (Fsp3) is 0.381. The molecule has 1 saturated heterocycles. The van der Waals surface area contributed by atoms with E-state index < -0.39 is 10.0 Å². The fourth-order valence-corrected chi connectivity index (χ4v) is 3.92. The molecule has 0 unspecified atom stereocenters. The molecule has 0 aromatic heterocycles. The van der Waals surface area contributed by atoms with Crippen molar-refractivity contribution in [3.63, 3.8) is 0 Å². The summed E-state index contributed by atoms with van der Waals surface area (Å²) in [5.74, 6) is -0.0193. The Bertz CT molecular complexity index is 963. The molecule has 0 atom stereocenters. The third-order valence-corrected chi connectivity index (χ3v) is 6.66. The molecule has 6 nitrogen and oxygen atoms in total. The molecule has 150 valence electrons. The average molecular weight is 402 g/mol. The smallest absolute Gasteiger partial charge is 0.253 e. The Labute approximate surface area is 167 Å². The number of benzene rings is 2. The monoisotopic (exact) mass is 401 g/mol. The molecule has 1 aliphatic heterocycles. The Morgan fingerprint density at radius 1 is 0.964 bits per heavy atom. The highest BCUT2D eigenvalue weighted by Crippen LogP contribution is 2.24. The van der Waals surface area contributed by atoms with Gasteiger partial charge < -0.3 is 9.80 Å². The predicted octanol–water partition coefficient (Wildman–Crippen LogP) is 2.66. The molecular weight excluding hydrogens is 374 g/mol. The van der Waals surface area contributed by atoms with Crippen molar-refractivity contribution in [2.75, 3.05) is 48.7 Å². The van der Waals surface area contributed by atoms with Crippen LogP contribution in [0.15, 0.2) is 42.5 Å². The maximum Gasteiger partial charge on any atom is 0.253 e. The summed E-state index contributed by atoms with van der Waals surface area (Å²) < 4.78 is 24.5. The van der Waals surface area contributed by atoms with Crippen LogP contribution in [-0.2, 0) is 10.0 Å². The van der Waals surface area contributed by atoms with Crippen LogP contribution < -0.4 is 9.21 Å². The van der Waals surface area contributed by atoms with Gasteiger partial charge in [-0.15, -0.1) is 0 Å². The number of amides is 1. The zero-order valence-electron chi connectivity index (χ0n) is 16.8. The van der Waals surface area contributed by atoms with E-state index in [0.717, 1.165) is 19.3 Å². The average Bonchev–Trinajstić information content (AvgIpc) is 2.68. The maximum atomic E-state index is 12.8. The molecule has 0 spiro atoms. The van der Waals surface area contributed by atoms with E-state index in [1.165, 1.54) is 28.2 Å². The van der Waals surface area contributed by atoms with E-state index in [9.17, 15) is 13.2 Å². The Morgan fingerprint density at radius 3 is 2.14 bits per heavy atom. The molecule has 28 heavy (non-hydrogen) atoms. The van der Waals surface area contributed by atoms with Crippen LogP contribution in [0, 0.1) is 13.8 Å². The number of nitrogens with zero attached hydrogens (tertiary/aromatic N) is 3. The number of carbonyl (C=O) groups excluding carboxylic acids is 1. The van der Waals surface area contributed by atoms with Gasteiger partial charge >= 0.3 is 0 Å². The summed E-state index contributed by atoms with van der Waals surface area (Å²) in [6.45, 7) is 7.17. The largest absolute Gasteiger partial charge is 0.368 e. The van der Waals surface area contributed by atoms with Gasteiger partial charge in [0.1, 0.15) is 0 Å². The molecule has 0 aliphatic carbocycles. The number of aryl methyl sites for hydroxylation is 1. The third-order valence-electron chi connectivity index (χ3n) is 5.46. The van der Waals surface area contributed by atoms with Crippen molar-refractivity contribution < 1.29 is 13.2 Å². The van der Waals surface area contributed by atoms with Gasteiger partial charge in [-0.05, 0) is 55.3 Å². The highest BCUT2D eigenvalue weighted by molar-refractivity contribution is 7.92. The first-order valence-electron chi connectivity index (χ1n) is 9.33. The van der Waals surface area contributed by atoms with Crippen molar-refractivity contribution in [2.24, 2.45) is 0 Å². The van der Waals surface area contributed by atoms with Crippen molar-refractivity contribution in [3.8, 4) is 0 Å². The van der Waals surface area contributed by atoms with Gasteiger partial charge in [0.2, 0.25) is 10.0 Å². The van der Waals surface area contributed by atoms with E-state index in [4.69, 9.17) is 0 Å². The van der Waals surface area contributed by atoms with Crippen LogP contribution in [0.25, 0.3) is 0 Å². The second-order valence-electron chi connectivity index (χ2n) is 7.28. The second-order valence-corrected chi connectivity index (χ2v) is 9.29. The lowest BCUT2D eigenvalue weighted by Crippen LogP contribution is -2.49. The molecule has 0 bridgehead atoms. The van der Waals surface area contributed by atoms with Crippen molar-refractivity contribution in [2.45, 2.75) is 13.8 Å². The zero-order valence-corrected chi connectivity index (χ0v) is 17.7. The van der Waals surface area contributed by atoms with E-state index in [1.807, 2.05) is 4.90 Å². The Morgan fingerprint density at radius 2 is 1.57 bits per heavy atom. The number of rotatable bonds is 4. The number of piperazine rings is 1. The lowest BCUT2D eigenvalue weighted by molar-refractivity contribution is 0.0747. The lowest BCUT2D eigenvalue weighted by atomic mass is 10.1. The minimum Gasteiger partial charge on any atom is -0.368 e. The molecule has 0 saturated carbocycles. The molecule has 0 N–H and O–H groups in total. The van der Waals surface area contributed by atoms with Crippen LogP contribution in [0.1, 0.15) is 21.5 Å². The summed E-state index contributed by atoms with van der Waals surface area (Å²) >= 11 is 0. The second kappa shape index (κ2) is 7.83. The molecule has 3 rings (SSSR count). The van der Waals surface area contributed by atoms with Crippen LogP contribution in [0.3, 0.4) is 0 Å². The highest BCUT2D eigenvalue weighted by Gasteiger charge is 2.23.